The largest absolute Gasteiger partial charge is 0.345 e. The minimum atomic E-state index is -0.116. The van der Waals surface area contributed by atoms with E-state index in [2.05, 4.69) is 11.4 Å². The Balaban J connectivity index is 1.92. The lowest BCUT2D eigenvalue weighted by atomic mass is 9.79. The van der Waals surface area contributed by atoms with Crippen molar-refractivity contribution in [3.63, 3.8) is 0 Å². The number of rotatable bonds is 3. The predicted octanol–water partition coefficient (Wildman–Crippen LogP) is 0.920. The van der Waals surface area contributed by atoms with Crippen LogP contribution < -0.4 is 16.0 Å². The molecule has 5 nitrogen and oxygen atoms in total. The van der Waals surface area contributed by atoms with E-state index in [0.717, 1.165) is 18.5 Å². The van der Waals surface area contributed by atoms with Gasteiger partial charge < -0.3 is 16.0 Å². The standard InChI is InChI=1S/C16H21N3O2/c17-11-16(6-1-2-7-16)12-4-3-5-13(8-12)19-10-14(20)18-9-15(19)21/h3-5,8H,1-2,6-7,9-11,17H2,(H,18,20). The third kappa shape index (κ3) is 2.53. The molecule has 2 aliphatic rings. The molecule has 2 fully saturated rings. The van der Waals surface area contributed by atoms with Crippen molar-refractivity contribution in [1.82, 2.24) is 5.32 Å². The van der Waals surface area contributed by atoms with Gasteiger partial charge in [0.2, 0.25) is 11.8 Å². The van der Waals surface area contributed by atoms with E-state index < -0.39 is 0 Å². The third-order valence-electron chi connectivity index (χ3n) is 4.76. The first-order chi connectivity index (χ1) is 10.1. The van der Waals surface area contributed by atoms with Crippen LogP contribution in [0.15, 0.2) is 24.3 Å². The van der Waals surface area contributed by atoms with E-state index in [1.54, 1.807) is 4.90 Å². The van der Waals surface area contributed by atoms with Gasteiger partial charge in [-0.3, -0.25) is 9.59 Å². The zero-order valence-electron chi connectivity index (χ0n) is 12.1. The number of piperazine rings is 1. The summed E-state index contributed by atoms with van der Waals surface area (Å²) >= 11 is 0. The van der Waals surface area contributed by atoms with E-state index in [9.17, 15) is 9.59 Å². The van der Waals surface area contributed by atoms with Crippen LogP contribution in [0.25, 0.3) is 0 Å². The highest BCUT2D eigenvalue weighted by Crippen LogP contribution is 2.41. The average Bonchev–Trinajstić information content (AvgIpc) is 3.00. The lowest BCUT2D eigenvalue weighted by molar-refractivity contribution is -0.128. The van der Waals surface area contributed by atoms with Crippen LogP contribution in [-0.4, -0.2) is 31.4 Å². The van der Waals surface area contributed by atoms with E-state index in [1.807, 2.05) is 18.2 Å². The molecule has 3 N–H and O–H groups in total. The fourth-order valence-electron chi connectivity index (χ4n) is 3.46. The number of amides is 2. The minimum Gasteiger partial charge on any atom is -0.345 e. The Morgan fingerprint density at radius 3 is 2.71 bits per heavy atom. The Labute approximate surface area is 124 Å². The van der Waals surface area contributed by atoms with E-state index >= 15 is 0 Å². The minimum absolute atomic E-state index is 0.0388. The molecule has 1 aliphatic heterocycles. The van der Waals surface area contributed by atoms with Crippen molar-refractivity contribution in [3.05, 3.63) is 29.8 Å². The molecule has 0 radical (unpaired) electrons. The van der Waals surface area contributed by atoms with Crippen molar-refractivity contribution in [2.45, 2.75) is 31.1 Å². The number of carbonyl (C=O) groups excluding carboxylic acids is 2. The van der Waals surface area contributed by atoms with Gasteiger partial charge >= 0.3 is 0 Å². The molecular formula is C16H21N3O2. The van der Waals surface area contributed by atoms with Crippen LogP contribution in [0, 0.1) is 0 Å². The molecule has 0 aromatic heterocycles. The molecule has 5 heteroatoms. The van der Waals surface area contributed by atoms with Gasteiger partial charge in [0.1, 0.15) is 6.54 Å². The van der Waals surface area contributed by atoms with Crippen LogP contribution in [0.3, 0.4) is 0 Å². The Kier molecular flexibility index (Phi) is 3.68. The second kappa shape index (κ2) is 5.48. The van der Waals surface area contributed by atoms with Crippen molar-refractivity contribution < 1.29 is 9.59 Å². The molecule has 1 aromatic rings. The van der Waals surface area contributed by atoms with Crippen LogP contribution in [0.1, 0.15) is 31.2 Å². The van der Waals surface area contributed by atoms with E-state index in [0.29, 0.717) is 6.54 Å². The smallest absolute Gasteiger partial charge is 0.246 e. The molecule has 0 spiro atoms. The predicted molar refractivity (Wildman–Crippen MR) is 81.0 cm³/mol. The maximum absolute atomic E-state index is 12.0. The molecule has 1 aliphatic carbocycles. The Hall–Kier alpha value is -1.88. The maximum atomic E-state index is 12.0. The molecule has 2 amide bonds. The van der Waals surface area contributed by atoms with E-state index in [-0.39, 0.29) is 30.3 Å². The number of hydrogen-bond donors (Lipinski definition) is 2. The highest BCUT2D eigenvalue weighted by molar-refractivity contribution is 6.04. The van der Waals surface area contributed by atoms with Crippen molar-refractivity contribution in [2.75, 3.05) is 24.5 Å². The molecule has 0 atom stereocenters. The van der Waals surface area contributed by atoms with Crippen molar-refractivity contribution in [2.24, 2.45) is 5.73 Å². The Morgan fingerprint density at radius 1 is 1.24 bits per heavy atom. The maximum Gasteiger partial charge on any atom is 0.246 e. The first-order valence-corrected chi connectivity index (χ1v) is 7.52. The molecule has 21 heavy (non-hydrogen) atoms. The zero-order chi connectivity index (χ0) is 14.9. The molecule has 1 saturated carbocycles. The normalized spacial score (nSPS) is 21.5. The highest BCUT2D eigenvalue weighted by Gasteiger charge is 2.35. The molecule has 3 rings (SSSR count). The fourth-order valence-corrected chi connectivity index (χ4v) is 3.46. The summed E-state index contributed by atoms with van der Waals surface area (Å²) in [5, 5.41) is 2.57. The van der Waals surface area contributed by atoms with Crippen LogP contribution in [0.2, 0.25) is 0 Å². The first kappa shape index (κ1) is 14.1. The topological polar surface area (TPSA) is 75.4 Å². The molecule has 0 unspecified atom stereocenters. The van der Waals surface area contributed by atoms with Crippen LogP contribution in [-0.2, 0) is 15.0 Å². The highest BCUT2D eigenvalue weighted by atomic mass is 16.2. The summed E-state index contributed by atoms with van der Waals surface area (Å²) < 4.78 is 0. The van der Waals surface area contributed by atoms with Gasteiger partial charge in [-0.25, -0.2) is 0 Å². The van der Waals surface area contributed by atoms with Crippen LogP contribution in [0.5, 0.6) is 0 Å². The molecule has 1 saturated heterocycles. The number of hydrogen-bond acceptors (Lipinski definition) is 3. The van der Waals surface area contributed by atoms with Crippen LogP contribution in [0.4, 0.5) is 5.69 Å². The lowest BCUT2D eigenvalue weighted by Crippen LogP contribution is -2.51. The number of nitrogens with one attached hydrogen (secondary N) is 1. The summed E-state index contributed by atoms with van der Waals surface area (Å²) in [6.45, 7) is 0.799. The Morgan fingerprint density at radius 2 is 2.00 bits per heavy atom. The molecule has 1 aromatic carbocycles. The summed E-state index contributed by atoms with van der Waals surface area (Å²) in [7, 11) is 0. The number of anilines is 1. The van der Waals surface area contributed by atoms with Crippen molar-refractivity contribution in [1.29, 1.82) is 0 Å². The van der Waals surface area contributed by atoms with E-state index in [1.165, 1.54) is 18.4 Å². The fraction of sp³-hybridized carbons (Fsp3) is 0.500. The number of benzene rings is 1. The SMILES string of the molecule is NCC1(c2cccc(N3CC(=O)NCC3=O)c2)CCCC1. The molecule has 112 valence electrons. The van der Waals surface area contributed by atoms with Gasteiger partial charge in [-0.2, -0.15) is 0 Å². The van der Waals surface area contributed by atoms with Gasteiger partial charge in [0.25, 0.3) is 0 Å². The van der Waals surface area contributed by atoms with Gasteiger partial charge in [-0.05, 0) is 30.5 Å². The van der Waals surface area contributed by atoms with Gasteiger partial charge in [-0.1, -0.05) is 25.0 Å². The second-order valence-electron chi connectivity index (χ2n) is 6.00. The second-order valence-corrected chi connectivity index (χ2v) is 6.00. The van der Waals surface area contributed by atoms with Crippen molar-refractivity contribution in [3.8, 4) is 0 Å². The summed E-state index contributed by atoms with van der Waals surface area (Å²) in [5.41, 5.74) is 8.06. The zero-order valence-corrected chi connectivity index (χ0v) is 12.1. The average molecular weight is 287 g/mol. The summed E-state index contributed by atoms with van der Waals surface area (Å²) in [5.74, 6) is -0.186. The molecule has 1 heterocycles. The van der Waals surface area contributed by atoms with Gasteiger partial charge in [-0.15, -0.1) is 0 Å². The van der Waals surface area contributed by atoms with E-state index in [4.69, 9.17) is 5.73 Å². The number of nitrogens with two attached hydrogens (primary N) is 1. The quantitative estimate of drug-likeness (QED) is 0.868. The summed E-state index contributed by atoms with van der Waals surface area (Å²) in [4.78, 5) is 25.1. The third-order valence-corrected chi connectivity index (χ3v) is 4.76. The first-order valence-electron chi connectivity index (χ1n) is 7.52. The molecular weight excluding hydrogens is 266 g/mol. The summed E-state index contributed by atoms with van der Waals surface area (Å²) in [6, 6.07) is 7.98. The Bertz CT molecular complexity index is 564. The summed E-state index contributed by atoms with van der Waals surface area (Å²) in [6.07, 6.45) is 4.60. The van der Waals surface area contributed by atoms with Crippen molar-refractivity contribution >= 4 is 17.5 Å². The number of nitrogens with zero attached hydrogens (tertiary/aromatic N) is 1. The molecule has 0 bridgehead atoms. The van der Waals surface area contributed by atoms with Gasteiger partial charge in [0, 0.05) is 17.6 Å². The lowest BCUT2D eigenvalue weighted by Gasteiger charge is -2.31. The van der Waals surface area contributed by atoms with Gasteiger partial charge in [0.15, 0.2) is 0 Å². The number of carbonyl (C=O) groups is 2. The monoisotopic (exact) mass is 287 g/mol. The van der Waals surface area contributed by atoms with Gasteiger partial charge in [0.05, 0.1) is 6.54 Å². The van der Waals surface area contributed by atoms with Crippen LogP contribution >= 0.6 is 0 Å².